The summed E-state index contributed by atoms with van der Waals surface area (Å²) in [5.74, 6) is -17.3. The molecule has 656 valence electrons. The second-order valence-corrected chi connectivity index (χ2v) is 32.6. The highest BCUT2D eigenvalue weighted by atomic mass is 32.2. The van der Waals surface area contributed by atoms with Crippen LogP contribution in [0.1, 0.15) is 101 Å². The van der Waals surface area contributed by atoms with Crippen LogP contribution in [0.4, 0.5) is 0 Å². The van der Waals surface area contributed by atoms with Crippen molar-refractivity contribution in [2.45, 2.75) is 172 Å². The van der Waals surface area contributed by atoms with Crippen molar-refractivity contribution in [2.75, 3.05) is 31.6 Å². The van der Waals surface area contributed by atoms with Crippen LogP contribution in [0.25, 0.3) is 10.9 Å². The highest BCUT2D eigenvalue weighted by Gasteiger charge is 2.40. The number of phenolic OH excluding ortho intramolecular Hbond substituents is 3. The molecule has 34 nitrogen and oxygen atoms in total. The number of thioether (sulfide) groups is 1. The number of hydrogen-bond acceptors (Lipinski definition) is 19. The van der Waals surface area contributed by atoms with Gasteiger partial charge in [0.05, 0.1) is 18.8 Å². The van der Waals surface area contributed by atoms with Crippen molar-refractivity contribution in [3.63, 3.8) is 0 Å². The van der Waals surface area contributed by atoms with Gasteiger partial charge in [0.15, 0.2) is 0 Å². The number of rotatable bonds is 23. The maximum Gasteiger partial charge on any atom is 0.303 e. The Balaban J connectivity index is 1.21. The smallest absolute Gasteiger partial charge is 0.303 e. The average molecular weight is 1710 g/mol. The lowest BCUT2D eigenvalue weighted by molar-refractivity contribution is -0.143. The first-order valence-corrected chi connectivity index (χ1v) is 41.6. The quantitative estimate of drug-likeness (QED) is 0.0434. The fourth-order valence-corrected chi connectivity index (χ4v) is 14.7. The normalized spacial score (nSPS) is 21.8. The number of nitrogens with zero attached hydrogens (tertiary/aromatic N) is 1. The number of benzene rings is 6. The van der Waals surface area contributed by atoms with Crippen LogP contribution in [0.15, 0.2) is 164 Å². The molecule has 1 fully saturated rings. The summed E-state index contributed by atoms with van der Waals surface area (Å²) in [6.07, 6.45) is -1.41. The number of nitrogens with two attached hydrogens (primary N) is 1. The van der Waals surface area contributed by atoms with E-state index < -0.39 is 193 Å². The first kappa shape index (κ1) is 95.1. The van der Waals surface area contributed by atoms with Gasteiger partial charge in [0.25, 0.3) is 0 Å². The van der Waals surface area contributed by atoms with Crippen molar-refractivity contribution in [1.29, 1.82) is 0 Å². The van der Waals surface area contributed by atoms with Crippen molar-refractivity contribution in [3.8, 4) is 17.2 Å². The Labute approximate surface area is 715 Å². The third kappa shape index (κ3) is 30.4. The molecule has 11 atom stereocenters. The zero-order valence-electron chi connectivity index (χ0n) is 69.4. The van der Waals surface area contributed by atoms with E-state index in [2.05, 4.69) is 68.8 Å². The molecule has 0 saturated carbocycles. The molecule has 1 aromatic heterocycles. The molecule has 14 amide bonds. The Kier molecular flexibility index (Phi) is 35.9. The van der Waals surface area contributed by atoms with Gasteiger partial charge in [0.2, 0.25) is 82.7 Å². The molecule has 2 heterocycles. The SMILES string of the molecule is CC(C)C[C@@H]1NC(=O)[C@H](Cc2ccc(O)cc2)NC(=O)[C@H](Cc2ccccc2)NC(=O)CSC[C@@H](C(=O)NCC(N)=O)NC(=O)[C@H](CC(C)C)NC(=O)[C@H](Cc2ccccc2)N(C)C(=O)[C@H](Cc2ccc(O)cc2)NC(=O)[C@H](Cc2c[nH]c3ccccc23)NC(=O)CNC(=O)[C@H](CCC(=O)O)NC(=O)[C@H](Cc2ccc(O)cc2)NC(=O)[C@H](C(C)C)NC1=O. The first-order valence-electron chi connectivity index (χ1n) is 40.4. The van der Waals surface area contributed by atoms with Gasteiger partial charge in [-0.25, -0.2) is 0 Å². The molecule has 1 saturated heterocycles. The molecule has 8 rings (SSSR count). The highest BCUT2D eigenvalue weighted by Crippen LogP contribution is 2.23. The van der Waals surface area contributed by atoms with Crippen molar-refractivity contribution < 1.29 is 92.3 Å². The number of H-pyrrole nitrogens is 1. The van der Waals surface area contributed by atoms with Crippen molar-refractivity contribution in [3.05, 3.63) is 197 Å². The van der Waals surface area contributed by atoms with Crippen LogP contribution in [-0.2, 0) is 110 Å². The zero-order chi connectivity index (χ0) is 89.6. The molecule has 6 aromatic carbocycles. The summed E-state index contributed by atoms with van der Waals surface area (Å²) in [6.45, 7) is 8.57. The summed E-state index contributed by atoms with van der Waals surface area (Å²) in [7, 11) is 1.30. The Morgan fingerprint density at radius 2 is 0.870 bits per heavy atom. The highest BCUT2D eigenvalue weighted by molar-refractivity contribution is 8.00. The molecule has 0 bridgehead atoms. The lowest BCUT2D eigenvalue weighted by Crippen LogP contribution is -2.61. The maximum absolute atomic E-state index is 15.7. The van der Waals surface area contributed by atoms with Crippen molar-refractivity contribution in [2.24, 2.45) is 23.5 Å². The van der Waals surface area contributed by atoms with Gasteiger partial charge >= 0.3 is 5.97 Å². The number of amides is 14. The predicted octanol–water partition coefficient (Wildman–Crippen LogP) is 1.79. The van der Waals surface area contributed by atoms with Crippen LogP contribution in [0, 0.1) is 17.8 Å². The topological polar surface area (TPSA) is 526 Å². The Bertz CT molecular complexity index is 4840. The number of nitrogens with one attached hydrogen (secondary N) is 13. The minimum atomic E-state index is -1.76. The third-order valence-electron chi connectivity index (χ3n) is 20.3. The van der Waals surface area contributed by atoms with E-state index in [1.54, 1.807) is 133 Å². The Hall–Kier alpha value is -13.3. The van der Waals surface area contributed by atoms with Gasteiger partial charge in [-0.2, -0.15) is 0 Å². The fourth-order valence-electron chi connectivity index (χ4n) is 13.8. The second-order valence-electron chi connectivity index (χ2n) is 31.5. The molecule has 7 aromatic rings. The van der Waals surface area contributed by atoms with Crippen molar-refractivity contribution >= 4 is 111 Å². The molecule has 0 radical (unpaired) electrons. The largest absolute Gasteiger partial charge is 0.508 e. The molecule has 1 aliphatic rings. The Morgan fingerprint density at radius 3 is 1.37 bits per heavy atom. The van der Waals surface area contributed by atoms with Crippen molar-refractivity contribution in [1.82, 2.24) is 73.7 Å². The number of hydrogen-bond donors (Lipinski definition) is 18. The van der Waals surface area contributed by atoms with Gasteiger partial charge < -0.3 is 99.8 Å². The van der Waals surface area contributed by atoms with E-state index in [1.165, 1.54) is 79.8 Å². The number of para-hydroxylation sites is 1. The van der Waals surface area contributed by atoms with Gasteiger partial charge in [-0.15, -0.1) is 11.8 Å². The molecule has 0 spiro atoms. The van der Waals surface area contributed by atoms with Gasteiger partial charge in [-0.1, -0.05) is 157 Å². The van der Waals surface area contributed by atoms with Crippen LogP contribution >= 0.6 is 11.8 Å². The molecule has 1 aliphatic heterocycles. The summed E-state index contributed by atoms with van der Waals surface area (Å²) >= 11 is 0.820. The summed E-state index contributed by atoms with van der Waals surface area (Å²) in [4.78, 5) is 222. The van der Waals surface area contributed by atoms with Gasteiger partial charge in [-0.3, -0.25) is 71.9 Å². The van der Waals surface area contributed by atoms with E-state index in [0.29, 0.717) is 44.3 Å². The third-order valence-corrected chi connectivity index (χ3v) is 21.3. The molecule has 123 heavy (non-hydrogen) atoms. The van der Waals surface area contributed by atoms with Crippen LogP contribution in [-0.4, -0.2) is 217 Å². The number of primary amides is 1. The van der Waals surface area contributed by atoms with Gasteiger partial charge in [-0.05, 0) is 113 Å². The zero-order valence-corrected chi connectivity index (χ0v) is 70.2. The fraction of sp³-hybridized carbons (Fsp3) is 0.398. The predicted molar refractivity (Wildman–Crippen MR) is 457 cm³/mol. The summed E-state index contributed by atoms with van der Waals surface area (Å²) in [5.41, 5.74) is 8.83. The number of aliphatic carboxylic acids is 1. The van der Waals surface area contributed by atoms with E-state index in [4.69, 9.17) is 5.73 Å². The number of likely N-dealkylation sites (N-methyl/N-ethyl adjacent to an activating group) is 1. The van der Waals surface area contributed by atoms with Crippen LogP contribution in [0.3, 0.4) is 0 Å². The number of carboxylic acid groups (broad SMARTS) is 1. The number of carbonyl (C=O) groups excluding carboxylic acids is 14. The van der Waals surface area contributed by atoms with E-state index >= 15 is 19.2 Å². The molecule has 35 heteroatoms. The van der Waals surface area contributed by atoms with E-state index in [0.717, 1.165) is 16.7 Å². The minimum absolute atomic E-state index is 0.0615. The second kappa shape index (κ2) is 46.5. The van der Waals surface area contributed by atoms with Gasteiger partial charge in [0.1, 0.15) is 83.7 Å². The summed E-state index contributed by atoms with van der Waals surface area (Å²) in [5, 5.41) is 73.4. The van der Waals surface area contributed by atoms with Crippen LogP contribution in [0.2, 0.25) is 0 Å². The number of carboxylic acids is 1. The average Bonchev–Trinajstić information content (AvgIpc) is 1.73. The molecule has 19 N–H and O–H groups in total. The number of aromatic nitrogens is 1. The van der Waals surface area contributed by atoms with E-state index in [1.807, 2.05) is 0 Å². The monoisotopic (exact) mass is 1710 g/mol. The minimum Gasteiger partial charge on any atom is -0.508 e. The maximum atomic E-state index is 15.7. The van der Waals surface area contributed by atoms with Crippen LogP contribution in [0.5, 0.6) is 17.2 Å². The molecule has 0 aliphatic carbocycles. The number of aromatic hydroxyl groups is 3. The number of aromatic amines is 1. The first-order chi connectivity index (χ1) is 58.5. The van der Waals surface area contributed by atoms with Gasteiger partial charge in [0, 0.05) is 74.8 Å². The number of fused-ring (bicyclic) bond motifs is 1. The summed E-state index contributed by atoms with van der Waals surface area (Å²) in [6, 6.07) is 23.8. The van der Waals surface area contributed by atoms with Crippen LogP contribution < -0.4 is 69.5 Å². The number of carbonyl (C=O) groups is 15. The molecular weight excluding hydrogens is 1600 g/mol. The molecule has 0 unspecified atom stereocenters. The lowest BCUT2D eigenvalue weighted by atomic mass is 9.98. The van der Waals surface area contributed by atoms with E-state index in [-0.39, 0.29) is 86.2 Å². The summed E-state index contributed by atoms with van der Waals surface area (Å²) < 4.78 is 0. The van der Waals surface area contributed by atoms with E-state index in [9.17, 15) is 73.2 Å². The lowest BCUT2D eigenvalue weighted by Gasteiger charge is -2.33. The number of phenols is 3. The standard InChI is InChI=1S/C88H109N15O19S/c1-49(2)36-64-80(114)101-71(79(113)91-45-73(89)107)47-123-48-75(109)94-66(38-52-16-10-8-11-17-52)81(115)97-67(39-54-22-28-58(104)29-23-54)83(117)96-65(37-50(3)4)85(119)102-77(51(5)6)87(121)99-68(40-55-24-30-59(105)31-25-55)82(116)95-63(34-35-76(110)111)78(112)92-46-74(108)93-69(43-57-44-90-62-21-15-14-20-61(57)62)84(118)100-70(41-56-26-32-60(106)33-27-56)88(122)103(7)72(86(120)98-64)42-53-18-12-9-13-19-53/h8-33,44,49-51,63-72,77,90,104-106H,34-43,45-48H2,1-7H3,(H2,89,107)(H,91,113)(H,92,112)(H,93,108)(H,94,109)(H,95,116)(H,96,117)(H,97,115)(H,98,120)(H,99,121)(H,100,118)(H,101,114)(H,102,119)(H,110,111)/t63-,64-,65-,66-,67-,68-,69-,70-,71-,72-,77-/m0/s1. The Morgan fingerprint density at radius 1 is 0.455 bits per heavy atom. The molecular formula is C88H109N15O19S.